The van der Waals surface area contributed by atoms with Crippen molar-refractivity contribution in [2.75, 3.05) is 19.0 Å². The molecule has 0 unspecified atom stereocenters. The highest BCUT2D eigenvalue weighted by Crippen LogP contribution is 2.31. The van der Waals surface area contributed by atoms with Crippen molar-refractivity contribution in [3.8, 4) is 5.75 Å². The Balaban J connectivity index is 1.96. The van der Waals surface area contributed by atoms with Crippen LogP contribution < -0.4 is 15.4 Å². The van der Waals surface area contributed by atoms with Crippen LogP contribution in [0.15, 0.2) is 24.3 Å². The van der Waals surface area contributed by atoms with Gasteiger partial charge in [0.05, 0.1) is 19.3 Å². The molecule has 0 radical (unpaired) electrons. The number of ether oxygens (including phenoxy) is 1. The first-order valence-corrected chi connectivity index (χ1v) is 7.41. The van der Waals surface area contributed by atoms with Crippen LogP contribution in [-0.4, -0.2) is 30.4 Å². The smallest absolute Gasteiger partial charge is 0.319 e. The Morgan fingerprint density at radius 2 is 2.14 bits per heavy atom. The van der Waals surface area contributed by atoms with E-state index in [0.29, 0.717) is 17.4 Å². The normalized spacial score (nSPS) is 25.2. The first kappa shape index (κ1) is 15.6. The largest absolute Gasteiger partial charge is 0.497 e. The number of carbonyl (C=O) groups is 1. The minimum absolute atomic E-state index is 0.0226. The number of amides is 2. The molecule has 0 saturated heterocycles. The molecule has 1 aliphatic rings. The fourth-order valence-corrected chi connectivity index (χ4v) is 2.74. The molecule has 1 saturated carbocycles. The third-order valence-corrected chi connectivity index (χ3v) is 4.24. The Bertz CT molecular complexity index is 482. The highest BCUT2D eigenvalue weighted by Gasteiger charge is 2.35. The monoisotopic (exact) mass is 292 g/mol. The molecule has 2 rings (SSSR count). The molecule has 1 aromatic carbocycles. The first-order chi connectivity index (χ1) is 10.1. The summed E-state index contributed by atoms with van der Waals surface area (Å²) >= 11 is 0. The van der Waals surface area contributed by atoms with Gasteiger partial charge in [0.15, 0.2) is 0 Å². The lowest BCUT2D eigenvalue weighted by atomic mass is 9.77. The van der Waals surface area contributed by atoms with Gasteiger partial charge in [-0.05, 0) is 43.7 Å². The highest BCUT2D eigenvalue weighted by atomic mass is 16.5. The van der Waals surface area contributed by atoms with Crippen molar-refractivity contribution in [2.24, 2.45) is 5.92 Å². The van der Waals surface area contributed by atoms with Crippen LogP contribution in [0.2, 0.25) is 0 Å². The molecule has 1 aromatic rings. The highest BCUT2D eigenvalue weighted by molar-refractivity contribution is 5.90. The molecule has 0 bridgehead atoms. The molecule has 116 valence electrons. The van der Waals surface area contributed by atoms with Crippen LogP contribution in [0.1, 0.15) is 32.6 Å². The fraction of sp³-hybridized carbons (Fsp3) is 0.562. The molecule has 1 fully saturated rings. The van der Waals surface area contributed by atoms with Gasteiger partial charge in [-0.25, -0.2) is 4.79 Å². The zero-order chi connectivity index (χ0) is 15.3. The number of nitrogens with one attached hydrogen (secondary N) is 2. The van der Waals surface area contributed by atoms with Gasteiger partial charge >= 0.3 is 6.03 Å². The van der Waals surface area contributed by atoms with Crippen molar-refractivity contribution in [3.63, 3.8) is 0 Å². The van der Waals surface area contributed by atoms with E-state index in [1.807, 2.05) is 12.1 Å². The van der Waals surface area contributed by atoms with E-state index in [-0.39, 0.29) is 12.6 Å². The predicted octanol–water partition coefficient (Wildman–Crippen LogP) is 2.76. The number of aliphatic hydroxyl groups excluding tert-OH is 1. The van der Waals surface area contributed by atoms with E-state index in [0.717, 1.165) is 25.7 Å². The molecular formula is C16H24N2O3. The number of urea groups is 1. The first-order valence-electron chi connectivity index (χ1n) is 7.41. The van der Waals surface area contributed by atoms with Crippen molar-refractivity contribution in [3.05, 3.63) is 24.3 Å². The number of anilines is 1. The summed E-state index contributed by atoms with van der Waals surface area (Å²) < 4.78 is 5.13. The molecule has 0 heterocycles. The Kier molecular flexibility index (Phi) is 5.07. The molecule has 1 aliphatic carbocycles. The zero-order valence-corrected chi connectivity index (χ0v) is 12.7. The predicted molar refractivity (Wildman–Crippen MR) is 82.6 cm³/mol. The lowest BCUT2D eigenvalue weighted by Crippen LogP contribution is -2.54. The van der Waals surface area contributed by atoms with Crippen LogP contribution in [0.5, 0.6) is 5.75 Å². The molecule has 0 spiro atoms. The SMILES string of the molecule is COc1cccc(NC(=O)NC2(CO)CCC(C)CC2)c1. The molecule has 0 atom stereocenters. The summed E-state index contributed by atoms with van der Waals surface area (Å²) in [6, 6.07) is 6.91. The van der Waals surface area contributed by atoms with E-state index in [9.17, 15) is 9.90 Å². The van der Waals surface area contributed by atoms with Crippen molar-refractivity contribution in [1.29, 1.82) is 0 Å². The van der Waals surface area contributed by atoms with Crippen LogP contribution in [0.3, 0.4) is 0 Å². The molecule has 0 aliphatic heterocycles. The van der Waals surface area contributed by atoms with Crippen molar-refractivity contribution in [2.45, 2.75) is 38.1 Å². The van der Waals surface area contributed by atoms with Crippen LogP contribution in [-0.2, 0) is 0 Å². The second-order valence-electron chi connectivity index (χ2n) is 5.93. The van der Waals surface area contributed by atoms with Gasteiger partial charge in [-0.15, -0.1) is 0 Å². The lowest BCUT2D eigenvalue weighted by Gasteiger charge is -2.38. The summed E-state index contributed by atoms with van der Waals surface area (Å²) in [4.78, 5) is 12.2. The fourth-order valence-electron chi connectivity index (χ4n) is 2.74. The number of hydrogen-bond donors (Lipinski definition) is 3. The van der Waals surface area contributed by atoms with Gasteiger partial charge in [0.1, 0.15) is 5.75 Å². The Labute approximate surface area is 125 Å². The molecule has 0 aromatic heterocycles. The lowest BCUT2D eigenvalue weighted by molar-refractivity contribution is 0.113. The zero-order valence-electron chi connectivity index (χ0n) is 12.7. The average molecular weight is 292 g/mol. The van der Waals surface area contributed by atoms with Gasteiger partial charge in [0.2, 0.25) is 0 Å². The number of aliphatic hydroxyl groups is 1. The third-order valence-electron chi connectivity index (χ3n) is 4.24. The van der Waals surface area contributed by atoms with Gasteiger partial charge in [0, 0.05) is 11.8 Å². The van der Waals surface area contributed by atoms with Crippen molar-refractivity contribution >= 4 is 11.7 Å². The van der Waals surface area contributed by atoms with Crippen molar-refractivity contribution in [1.82, 2.24) is 5.32 Å². The van der Waals surface area contributed by atoms with E-state index >= 15 is 0 Å². The van der Waals surface area contributed by atoms with Crippen molar-refractivity contribution < 1.29 is 14.6 Å². The number of rotatable bonds is 4. The van der Waals surface area contributed by atoms with Gasteiger partial charge in [-0.2, -0.15) is 0 Å². The number of hydrogen-bond acceptors (Lipinski definition) is 3. The van der Waals surface area contributed by atoms with Gasteiger partial charge in [0.25, 0.3) is 0 Å². The Morgan fingerprint density at radius 3 is 2.76 bits per heavy atom. The Morgan fingerprint density at radius 1 is 1.43 bits per heavy atom. The van der Waals surface area contributed by atoms with E-state index < -0.39 is 5.54 Å². The van der Waals surface area contributed by atoms with E-state index in [4.69, 9.17) is 4.74 Å². The second-order valence-corrected chi connectivity index (χ2v) is 5.93. The number of carbonyl (C=O) groups excluding carboxylic acids is 1. The summed E-state index contributed by atoms with van der Waals surface area (Å²) in [7, 11) is 1.59. The van der Waals surface area contributed by atoms with Crippen LogP contribution in [0, 0.1) is 5.92 Å². The summed E-state index contributed by atoms with van der Waals surface area (Å²) in [5, 5.41) is 15.4. The summed E-state index contributed by atoms with van der Waals surface area (Å²) in [5.41, 5.74) is 0.180. The third kappa shape index (κ3) is 4.11. The standard InChI is InChI=1S/C16H24N2O3/c1-12-6-8-16(11-19,9-7-12)18-15(20)17-13-4-3-5-14(10-13)21-2/h3-5,10,12,19H,6-9,11H2,1-2H3,(H2,17,18,20). The van der Waals surface area contributed by atoms with E-state index in [1.54, 1.807) is 19.2 Å². The van der Waals surface area contributed by atoms with E-state index in [1.165, 1.54) is 0 Å². The molecule has 2 amide bonds. The van der Waals surface area contributed by atoms with Gasteiger partial charge in [-0.1, -0.05) is 13.0 Å². The van der Waals surface area contributed by atoms with Gasteiger partial charge < -0.3 is 20.5 Å². The van der Waals surface area contributed by atoms with Crippen LogP contribution in [0.4, 0.5) is 10.5 Å². The topological polar surface area (TPSA) is 70.6 Å². The molecule has 21 heavy (non-hydrogen) atoms. The molecule has 5 nitrogen and oxygen atoms in total. The number of methoxy groups -OCH3 is 1. The maximum Gasteiger partial charge on any atom is 0.319 e. The minimum Gasteiger partial charge on any atom is -0.497 e. The second kappa shape index (κ2) is 6.80. The quantitative estimate of drug-likeness (QED) is 0.799. The maximum atomic E-state index is 12.2. The van der Waals surface area contributed by atoms with Gasteiger partial charge in [-0.3, -0.25) is 0 Å². The summed E-state index contributed by atoms with van der Waals surface area (Å²) in [5.74, 6) is 1.35. The molecule has 5 heteroatoms. The Hall–Kier alpha value is -1.75. The summed E-state index contributed by atoms with van der Waals surface area (Å²) in [6.07, 6.45) is 3.69. The minimum atomic E-state index is -0.491. The molecular weight excluding hydrogens is 268 g/mol. The van der Waals surface area contributed by atoms with Crippen LogP contribution >= 0.6 is 0 Å². The summed E-state index contributed by atoms with van der Waals surface area (Å²) in [6.45, 7) is 2.18. The van der Waals surface area contributed by atoms with Crippen LogP contribution in [0.25, 0.3) is 0 Å². The maximum absolute atomic E-state index is 12.2. The average Bonchev–Trinajstić information content (AvgIpc) is 2.50. The molecule has 3 N–H and O–H groups in total. The number of benzene rings is 1. The van der Waals surface area contributed by atoms with E-state index in [2.05, 4.69) is 17.6 Å².